The summed E-state index contributed by atoms with van der Waals surface area (Å²) in [6.07, 6.45) is 4.68. The molecule has 4 aromatic rings. The van der Waals surface area contributed by atoms with Crippen LogP contribution >= 0.6 is 0 Å². The Morgan fingerprint density at radius 3 is 2.39 bits per heavy atom. The van der Waals surface area contributed by atoms with Gasteiger partial charge in [0.2, 0.25) is 5.95 Å². The van der Waals surface area contributed by atoms with Gasteiger partial charge in [-0.25, -0.2) is 9.97 Å². The fourth-order valence-electron chi connectivity index (χ4n) is 5.32. The lowest BCUT2D eigenvalue weighted by molar-refractivity contribution is -0.136. The first-order chi connectivity index (χ1) is 17.2. The molecule has 36 heavy (non-hydrogen) atoms. The van der Waals surface area contributed by atoms with Crippen LogP contribution in [0.15, 0.2) is 42.7 Å². The van der Waals surface area contributed by atoms with Crippen LogP contribution in [0.25, 0.3) is 22.0 Å². The Kier molecular flexibility index (Phi) is 6.26. The molecule has 1 N–H and O–H groups in total. The summed E-state index contributed by atoms with van der Waals surface area (Å²) in [5.74, 6) is -0.180. The van der Waals surface area contributed by atoms with Gasteiger partial charge in [0.15, 0.2) is 0 Å². The van der Waals surface area contributed by atoms with Gasteiger partial charge < -0.3 is 19.5 Å². The van der Waals surface area contributed by atoms with Crippen LogP contribution in [0.1, 0.15) is 27.9 Å². The summed E-state index contributed by atoms with van der Waals surface area (Å²) in [6, 6.07) is 10.6. The number of hydrogen-bond acceptors (Lipinski definition) is 5. The lowest BCUT2D eigenvalue weighted by Gasteiger charge is -2.33. The largest absolute Gasteiger partial charge is 0.481 e. The first-order valence-electron chi connectivity index (χ1n) is 12.4. The average Bonchev–Trinajstić information content (AvgIpc) is 3.18. The smallest absolute Gasteiger partial charge is 0.307 e. The Morgan fingerprint density at radius 1 is 1.06 bits per heavy atom. The number of aliphatic carboxylic acids is 1. The second-order valence-corrected chi connectivity index (χ2v) is 10.1. The topological polar surface area (TPSA) is 74.5 Å². The van der Waals surface area contributed by atoms with Gasteiger partial charge in [-0.05, 0) is 75.2 Å². The molecule has 7 heteroatoms. The maximum atomic E-state index is 12.0. The zero-order chi connectivity index (χ0) is 25.6. The second kappa shape index (κ2) is 9.39. The molecular formula is C29H33N5O2. The summed E-state index contributed by atoms with van der Waals surface area (Å²) in [5, 5.41) is 11.0. The van der Waals surface area contributed by atoms with Crippen LogP contribution in [-0.2, 0) is 24.2 Å². The zero-order valence-electron chi connectivity index (χ0n) is 21.7. The second-order valence-electron chi connectivity index (χ2n) is 10.1. The summed E-state index contributed by atoms with van der Waals surface area (Å²) < 4.78 is 2.35. The third kappa shape index (κ3) is 4.24. The predicted octanol–water partition coefficient (Wildman–Crippen LogP) is 4.91. The number of benzene rings is 2. The van der Waals surface area contributed by atoms with E-state index in [1.54, 1.807) is 0 Å². The van der Waals surface area contributed by atoms with E-state index in [0.29, 0.717) is 5.95 Å². The molecule has 5 rings (SSSR count). The highest BCUT2D eigenvalue weighted by molar-refractivity contribution is 6.08. The van der Waals surface area contributed by atoms with Crippen molar-refractivity contribution >= 4 is 28.5 Å². The van der Waals surface area contributed by atoms with Gasteiger partial charge >= 0.3 is 5.97 Å². The molecule has 0 bridgehead atoms. The Hall–Kier alpha value is -3.71. The summed E-state index contributed by atoms with van der Waals surface area (Å²) in [7, 11) is 4.12. The number of anilines is 2. The van der Waals surface area contributed by atoms with Crippen molar-refractivity contribution in [1.82, 2.24) is 19.4 Å². The van der Waals surface area contributed by atoms with Gasteiger partial charge in [0.25, 0.3) is 0 Å². The molecule has 0 amide bonds. The Morgan fingerprint density at radius 2 is 1.75 bits per heavy atom. The van der Waals surface area contributed by atoms with Crippen molar-refractivity contribution in [1.29, 1.82) is 0 Å². The molecule has 0 spiro atoms. The minimum Gasteiger partial charge on any atom is -0.481 e. The highest BCUT2D eigenvalue weighted by atomic mass is 16.4. The number of hydrogen-bond donors (Lipinski definition) is 1. The quantitative estimate of drug-likeness (QED) is 0.403. The maximum Gasteiger partial charge on any atom is 0.307 e. The van der Waals surface area contributed by atoms with Crippen molar-refractivity contribution in [2.45, 2.75) is 40.2 Å². The molecule has 7 nitrogen and oxygen atoms in total. The van der Waals surface area contributed by atoms with Crippen molar-refractivity contribution < 1.29 is 9.90 Å². The molecule has 186 valence electrons. The van der Waals surface area contributed by atoms with E-state index in [-0.39, 0.29) is 6.42 Å². The number of carbonyl (C=O) groups is 1. The van der Waals surface area contributed by atoms with Crippen molar-refractivity contribution in [3.05, 3.63) is 70.7 Å². The van der Waals surface area contributed by atoms with Gasteiger partial charge in [0, 0.05) is 43.1 Å². The van der Waals surface area contributed by atoms with Gasteiger partial charge in [0.05, 0.1) is 17.6 Å². The number of aromatic nitrogens is 3. The molecule has 0 fully saturated rings. The van der Waals surface area contributed by atoms with E-state index in [1.165, 1.54) is 11.3 Å². The van der Waals surface area contributed by atoms with Crippen LogP contribution in [0.4, 0.5) is 11.6 Å². The van der Waals surface area contributed by atoms with E-state index in [4.69, 9.17) is 9.97 Å². The minimum absolute atomic E-state index is 0.0413. The van der Waals surface area contributed by atoms with Crippen LogP contribution in [-0.4, -0.2) is 57.7 Å². The predicted molar refractivity (Wildman–Crippen MR) is 144 cm³/mol. The number of likely N-dealkylation sites (N-methyl/N-ethyl adjacent to an activating group) is 1. The van der Waals surface area contributed by atoms with Crippen LogP contribution in [0.5, 0.6) is 0 Å². The normalized spacial score (nSPS) is 13.1. The number of aryl methyl sites for hydroxylation is 2. The molecule has 2 aromatic carbocycles. The third-order valence-corrected chi connectivity index (χ3v) is 7.17. The monoisotopic (exact) mass is 483 g/mol. The molecule has 1 aliphatic heterocycles. The van der Waals surface area contributed by atoms with Crippen LogP contribution in [0.3, 0.4) is 0 Å². The number of carboxylic acids is 1. The standard InChI is InChI=1S/C29H33N5O2/c1-18-6-8-22(9-7-18)26-23(15-25(35)36)20(3)27-28-24(26)14-19(2)33(28)12-13-34(27)29-30-16-21(17-31-29)10-11-32(4)5/h6-9,14,16-17H,10-13,15H2,1-5H3,(H,35,36). The molecule has 3 heterocycles. The Labute approximate surface area is 212 Å². The summed E-state index contributed by atoms with van der Waals surface area (Å²) in [4.78, 5) is 25.8. The summed E-state index contributed by atoms with van der Waals surface area (Å²) >= 11 is 0. The van der Waals surface area contributed by atoms with Crippen molar-refractivity contribution in [3.8, 4) is 11.1 Å². The molecule has 0 aliphatic carbocycles. The SMILES string of the molecule is Cc1ccc(-c2c(CC(=O)O)c(C)c3c4c2cc(C)n4CCN3c2ncc(CCN(C)C)cn2)cc1. The summed E-state index contributed by atoms with van der Waals surface area (Å²) in [5.41, 5.74) is 9.46. The maximum absolute atomic E-state index is 12.0. The molecule has 0 saturated carbocycles. The van der Waals surface area contributed by atoms with Crippen LogP contribution in [0, 0.1) is 20.8 Å². The fraction of sp³-hybridized carbons (Fsp3) is 0.345. The number of nitrogens with zero attached hydrogens (tertiary/aromatic N) is 5. The first kappa shape index (κ1) is 24.0. The van der Waals surface area contributed by atoms with Gasteiger partial charge in [-0.1, -0.05) is 29.8 Å². The molecule has 2 aromatic heterocycles. The van der Waals surface area contributed by atoms with Gasteiger partial charge in [-0.2, -0.15) is 0 Å². The lowest BCUT2D eigenvalue weighted by Crippen LogP contribution is -2.30. The van der Waals surface area contributed by atoms with E-state index < -0.39 is 5.97 Å². The lowest BCUT2D eigenvalue weighted by atomic mass is 9.88. The van der Waals surface area contributed by atoms with E-state index >= 15 is 0 Å². The average molecular weight is 484 g/mol. The van der Waals surface area contributed by atoms with E-state index in [9.17, 15) is 9.90 Å². The number of rotatable bonds is 7. The minimum atomic E-state index is -0.835. The van der Waals surface area contributed by atoms with Crippen molar-refractivity contribution in [2.24, 2.45) is 0 Å². The molecule has 0 unspecified atom stereocenters. The molecule has 0 radical (unpaired) electrons. The highest BCUT2D eigenvalue weighted by Gasteiger charge is 2.30. The van der Waals surface area contributed by atoms with E-state index in [1.807, 2.05) is 19.3 Å². The Bertz CT molecular complexity index is 1440. The van der Waals surface area contributed by atoms with E-state index in [0.717, 1.165) is 70.5 Å². The van der Waals surface area contributed by atoms with Crippen LogP contribution in [0.2, 0.25) is 0 Å². The highest BCUT2D eigenvalue weighted by Crippen LogP contribution is 2.46. The van der Waals surface area contributed by atoms with Gasteiger partial charge in [-0.15, -0.1) is 0 Å². The van der Waals surface area contributed by atoms with Gasteiger partial charge in [0.1, 0.15) is 0 Å². The van der Waals surface area contributed by atoms with Gasteiger partial charge in [-0.3, -0.25) is 4.79 Å². The summed E-state index contributed by atoms with van der Waals surface area (Å²) in [6.45, 7) is 8.72. The Balaban J connectivity index is 1.71. The zero-order valence-corrected chi connectivity index (χ0v) is 21.7. The van der Waals surface area contributed by atoms with E-state index in [2.05, 4.69) is 72.6 Å². The third-order valence-electron chi connectivity index (χ3n) is 7.17. The first-order valence-corrected chi connectivity index (χ1v) is 12.4. The molecular weight excluding hydrogens is 450 g/mol. The molecule has 0 saturated heterocycles. The van der Waals surface area contributed by atoms with Crippen LogP contribution < -0.4 is 4.90 Å². The molecule has 1 aliphatic rings. The van der Waals surface area contributed by atoms with Crippen molar-refractivity contribution in [3.63, 3.8) is 0 Å². The number of carboxylic acid groups (broad SMARTS) is 1. The fourth-order valence-corrected chi connectivity index (χ4v) is 5.32. The molecule has 0 atom stereocenters. The van der Waals surface area contributed by atoms with Crippen molar-refractivity contribution in [2.75, 3.05) is 32.1 Å².